The number of carbonyl (C=O) groups is 1. The summed E-state index contributed by atoms with van der Waals surface area (Å²) < 4.78 is 27.7. The monoisotopic (exact) mass is 466 g/mol. The molecule has 9 nitrogen and oxygen atoms in total. The van der Waals surface area contributed by atoms with Gasteiger partial charge in [0.25, 0.3) is 5.91 Å². The molecule has 10 heteroatoms. The maximum atomic E-state index is 13.1. The molecule has 1 aliphatic heterocycles. The van der Waals surface area contributed by atoms with Crippen molar-refractivity contribution in [1.82, 2.24) is 14.3 Å². The quantitative estimate of drug-likeness (QED) is 0.343. The molecule has 0 bridgehead atoms. The first-order valence-corrected chi connectivity index (χ1v) is 12.2. The third-order valence-electron chi connectivity index (χ3n) is 6.00. The van der Waals surface area contributed by atoms with E-state index in [4.69, 9.17) is 0 Å². The molecule has 0 spiro atoms. The predicted octanol–water partition coefficient (Wildman–Crippen LogP) is 0.537. The average molecular weight is 467 g/mol. The number of H-pyrrole nitrogens is 2. The fraction of sp³-hybridized carbons (Fsp3) is 0.217. The van der Waals surface area contributed by atoms with E-state index in [0.717, 1.165) is 15.7 Å². The maximum Gasteiger partial charge on any atom is 0.323 e. The first-order chi connectivity index (χ1) is 15.9. The van der Waals surface area contributed by atoms with Crippen molar-refractivity contribution in [2.75, 3.05) is 38.0 Å². The molecule has 33 heavy (non-hydrogen) atoms. The van der Waals surface area contributed by atoms with Crippen LogP contribution in [-0.4, -0.2) is 61.3 Å². The number of fused-ring (bicyclic) bond motifs is 2. The number of nitrogens with one attached hydrogen (secondary N) is 4. The van der Waals surface area contributed by atoms with Crippen molar-refractivity contribution < 1.29 is 18.1 Å². The second-order valence-electron chi connectivity index (χ2n) is 8.23. The van der Waals surface area contributed by atoms with Gasteiger partial charge in [-0.15, -0.1) is 0 Å². The Morgan fingerprint density at radius 2 is 1.67 bits per heavy atom. The normalized spacial score (nSPS) is 15.8. The number of hydrogen-bond acceptors (Lipinski definition) is 4. The third-order valence-corrected chi connectivity index (χ3v) is 7.89. The van der Waals surface area contributed by atoms with E-state index in [1.807, 2.05) is 30.3 Å². The van der Waals surface area contributed by atoms with Crippen molar-refractivity contribution >= 4 is 43.4 Å². The molecule has 4 N–H and O–H groups in total. The first-order valence-electron chi connectivity index (χ1n) is 10.7. The van der Waals surface area contributed by atoms with Crippen molar-refractivity contribution in [2.45, 2.75) is 4.90 Å². The lowest BCUT2D eigenvalue weighted by atomic mass is 10.1. The maximum absolute atomic E-state index is 13.1. The molecule has 0 aliphatic carbocycles. The van der Waals surface area contributed by atoms with Crippen LogP contribution in [0.3, 0.4) is 0 Å². The molecule has 170 valence electrons. The average Bonchev–Trinajstić information content (AvgIpc) is 3.18. The van der Waals surface area contributed by atoms with Crippen LogP contribution in [0.5, 0.6) is 0 Å². The van der Waals surface area contributed by atoms with Crippen molar-refractivity contribution in [3.63, 3.8) is 0 Å². The van der Waals surface area contributed by atoms with E-state index in [0.29, 0.717) is 47.8 Å². The number of hydrogen-bond donors (Lipinski definition) is 4. The lowest BCUT2D eigenvalue weighted by molar-refractivity contribution is -0.895. The summed E-state index contributed by atoms with van der Waals surface area (Å²) >= 11 is 0. The van der Waals surface area contributed by atoms with Crippen molar-refractivity contribution in [3.05, 3.63) is 71.1 Å². The summed E-state index contributed by atoms with van der Waals surface area (Å²) in [6, 6.07) is 18.0. The summed E-state index contributed by atoms with van der Waals surface area (Å²) in [5, 5.41) is 4.74. The molecule has 0 radical (unpaired) electrons. The van der Waals surface area contributed by atoms with E-state index in [1.165, 1.54) is 4.31 Å². The Labute approximate surface area is 190 Å². The largest absolute Gasteiger partial charge is 0.325 e. The molecule has 4 aromatic rings. The van der Waals surface area contributed by atoms with Gasteiger partial charge >= 0.3 is 5.69 Å². The number of sulfonamides is 1. The lowest BCUT2D eigenvalue weighted by Gasteiger charge is -2.31. The van der Waals surface area contributed by atoms with Gasteiger partial charge in [-0.2, -0.15) is 4.31 Å². The van der Waals surface area contributed by atoms with Gasteiger partial charge in [-0.05, 0) is 41.1 Å². The minimum absolute atomic E-state index is 0.159. The SMILES string of the molecule is O=C(C[NH+]1CCN(S(=O)(=O)c2ccc3ccccc3c2)CC1)Nc1ccc2[nH]c(=O)[nH]c2c1. The Morgan fingerprint density at radius 1 is 0.939 bits per heavy atom. The van der Waals surface area contributed by atoms with Gasteiger partial charge in [0.15, 0.2) is 6.54 Å². The Hall–Kier alpha value is -3.47. The van der Waals surface area contributed by atoms with Crippen LogP contribution in [-0.2, 0) is 14.8 Å². The molecule has 0 atom stereocenters. The number of anilines is 1. The zero-order chi connectivity index (χ0) is 23.0. The number of benzene rings is 3. The van der Waals surface area contributed by atoms with Crippen molar-refractivity contribution in [2.24, 2.45) is 0 Å². The zero-order valence-electron chi connectivity index (χ0n) is 17.8. The molecular weight excluding hydrogens is 442 g/mol. The van der Waals surface area contributed by atoms with Gasteiger partial charge in [0.2, 0.25) is 10.0 Å². The number of aromatic amines is 2. The Bertz CT molecular complexity index is 1500. The van der Waals surface area contributed by atoms with Gasteiger partial charge in [-0.1, -0.05) is 30.3 Å². The fourth-order valence-electron chi connectivity index (χ4n) is 4.24. The highest BCUT2D eigenvalue weighted by Gasteiger charge is 2.31. The highest BCUT2D eigenvalue weighted by molar-refractivity contribution is 7.89. The number of carbonyl (C=O) groups excluding carboxylic acids is 1. The molecule has 1 aromatic heterocycles. The van der Waals surface area contributed by atoms with E-state index < -0.39 is 10.0 Å². The van der Waals surface area contributed by atoms with Crippen LogP contribution in [0.1, 0.15) is 0 Å². The summed E-state index contributed by atoms with van der Waals surface area (Å²) in [4.78, 5) is 30.5. The Balaban J connectivity index is 1.20. The molecule has 1 amide bonds. The lowest BCUT2D eigenvalue weighted by Crippen LogP contribution is -3.15. The van der Waals surface area contributed by atoms with Crippen molar-refractivity contribution in [3.8, 4) is 0 Å². The molecule has 5 rings (SSSR count). The summed E-state index contributed by atoms with van der Waals surface area (Å²) in [6.45, 7) is 2.04. The third kappa shape index (κ3) is 4.40. The summed E-state index contributed by atoms with van der Waals surface area (Å²) in [5.74, 6) is -0.159. The number of amides is 1. The van der Waals surface area contributed by atoms with Crippen LogP contribution in [0.2, 0.25) is 0 Å². The van der Waals surface area contributed by atoms with Crippen LogP contribution in [0.25, 0.3) is 21.8 Å². The van der Waals surface area contributed by atoms with Gasteiger partial charge in [0.1, 0.15) is 0 Å². The summed E-state index contributed by atoms with van der Waals surface area (Å²) in [5.41, 5.74) is 1.60. The highest BCUT2D eigenvalue weighted by atomic mass is 32.2. The second kappa shape index (κ2) is 8.47. The van der Waals surface area contributed by atoms with Gasteiger partial charge in [0, 0.05) is 5.69 Å². The number of rotatable bonds is 5. The van der Waals surface area contributed by atoms with E-state index in [2.05, 4.69) is 15.3 Å². The van der Waals surface area contributed by atoms with Crippen LogP contribution in [0.4, 0.5) is 5.69 Å². The fourth-order valence-corrected chi connectivity index (χ4v) is 5.72. The Morgan fingerprint density at radius 3 is 2.45 bits per heavy atom. The molecule has 3 aromatic carbocycles. The number of aromatic nitrogens is 2. The van der Waals surface area contributed by atoms with Gasteiger partial charge in [0.05, 0.1) is 42.1 Å². The van der Waals surface area contributed by atoms with E-state index in [-0.39, 0.29) is 18.1 Å². The molecule has 1 saturated heterocycles. The van der Waals surface area contributed by atoms with Crippen LogP contribution < -0.4 is 15.9 Å². The number of imidazole rings is 1. The summed E-state index contributed by atoms with van der Waals surface area (Å²) in [6.07, 6.45) is 0. The second-order valence-corrected chi connectivity index (χ2v) is 10.2. The van der Waals surface area contributed by atoms with E-state index >= 15 is 0 Å². The first kappa shape index (κ1) is 21.4. The van der Waals surface area contributed by atoms with Gasteiger partial charge in [-0.3, -0.25) is 4.79 Å². The predicted molar refractivity (Wildman–Crippen MR) is 126 cm³/mol. The van der Waals surface area contributed by atoms with Gasteiger partial charge < -0.3 is 20.2 Å². The minimum atomic E-state index is -3.59. The van der Waals surface area contributed by atoms with Crippen LogP contribution >= 0.6 is 0 Å². The minimum Gasteiger partial charge on any atom is -0.325 e. The topological polar surface area (TPSA) is 120 Å². The molecule has 0 unspecified atom stereocenters. The zero-order valence-corrected chi connectivity index (χ0v) is 18.6. The van der Waals surface area contributed by atoms with E-state index in [1.54, 1.807) is 30.3 Å². The number of nitrogens with zero attached hydrogens (tertiary/aromatic N) is 1. The highest BCUT2D eigenvalue weighted by Crippen LogP contribution is 2.22. The standard InChI is InChI=1S/C23H23N5O4S/c29-22(24-18-6-8-20-21(14-18)26-23(30)25-20)15-27-9-11-28(12-10-27)33(31,32)19-7-5-16-3-1-2-4-17(16)13-19/h1-8,13-14H,9-12,15H2,(H,24,29)(H2,25,26,30)/p+1. The molecular formula is C23H24N5O4S+. The molecule has 1 fully saturated rings. The molecule has 2 heterocycles. The van der Waals surface area contributed by atoms with Crippen molar-refractivity contribution in [1.29, 1.82) is 0 Å². The van der Waals surface area contributed by atoms with E-state index in [9.17, 15) is 18.0 Å². The molecule has 0 saturated carbocycles. The molecule has 1 aliphatic rings. The van der Waals surface area contributed by atoms with Gasteiger partial charge in [-0.25, -0.2) is 13.2 Å². The summed E-state index contributed by atoms with van der Waals surface area (Å²) in [7, 11) is -3.59. The van der Waals surface area contributed by atoms with Crippen LogP contribution in [0.15, 0.2) is 70.4 Å². The smallest absolute Gasteiger partial charge is 0.323 e. The number of piperazine rings is 1. The Kier molecular flexibility index (Phi) is 5.49. The number of quaternary nitrogens is 1. The van der Waals surface area contributed by atoms with Crippen LogP contribution in [0, 0.1) is 0 Å².